The van der Waals surface area contributed by atoms with Crippen LogP contribution in [-0.4, -0.2) is 52.1 Å². The minimum Gasteiger partial charge on any atom is -0.480 e. The van der Waals surface area contributed by atoms with Crippen molar-refractivity contribution in [2.24, 2.45) is 0 Å². The lowest BCUT2D eigenvalue weighted by atomic mass is 10.2. The molecule has 0 aliphatic carbocycles. The van der Waals surface area contributed by atoms with Gasteiger partial charge in [-0.05, 0) is 0 Å². The number of hydrogen-bond acceptors (Lipinski definition) is 4. The van der Waals surface area contributed by atoms with E-state index in [1.165, 1.54) is 19.4 Å². The zero-order valence-corrected chi connectivity index (χ0v) is 11.0. The van der Waals surface area contributed by atoms with Crippen molar-refractivity contribution in [3.63, 3.8) is 0 Å². The Hall–Kier alpha value is -2.58. The van der Waals surface area contributed by atoms with Gasteiger partial charge in [-0.3, -0.25) is 4.79 Å². The molecule has 0 saturated carbocycles. The van der Waals surface area contributed by atoms with Crippen LogP contribution in [0.1, 0.15) is 12.6 Å². The number of urea groups is 1. The zero-order valence-electron chi connectivity index (χ0n) is 11.0. The molecule has 9 nitrogen and oxygen atoms in total. The molecule has 1 aromatic rings. The molecule has 0 fully saturated rings. The Morgan fingerprint density at radius 3 is 2.60 bits per heavy atom. The van der Waals surface area contributed by atoms with Gasteiger partial charge >= 0.3 is 12.0 Å². The maximum atomic E-state index is 11.5. The Morgan fingerprint density at radius 2 is 2.05 bits per heavy atom. The van der Waals surface area contributed by atoms with Gasteiger partial charge in [0.1, 0.15) is 6.04 Å². The van der Waals surface area contributed by atoms with E-state index in [2.05, 4.69) is 25.9 Å². The summed E-state index contributed by atoms with van der Waals surface area (Å²) in [5.41, 5.74) is 0.607. The number of carboxylic acids is 1. The number of amides is 3. The third-order valence-corrected chi connectivity index (χ3v) is 2.37. The number of carbonyl (C=O) groups is 3. The van der Waals surface area contributed by atoms with E-state index in [-0.39, 0.29) is 25.4 Å². The zero-order chi connectivity index (χ0) is 15.0. The molecule has 0 spiro atoms. The Labute approximate surface area is 115 Å². The quantitative estimate of drug-likeness (QED) is 0.402. The van der Waals surface area contributed by atoms with Crippen LogP contribution in [0.2, 0.25) is 0 Å². The number of H-pyrrole nitrogens is 1. The Bertz CT molecular complexity index is 459. The lowest BCUT2D eigenvalue weighted by molar-refractivity contribution is -0.139. The molecular weight excluding hydrogens is 266 g/mol. The highest BCUT2D eigenvalue weighted by atomic mass is 16.4. The molecular formula is C11H17N5O4. The third-order valence-electron chi connectivity index (χ3n) is 2.37. The number of nitrogens with zero attached hydrogens (tertiary/aromatic N) is 1. The molecule has 3 amide bonds. The van der Waals surface area contributed by atoms with E-state index in [1.807, 2.05) is 0 Å². The van der Waals surface area contributed by atoms with Crippen molar-refractivity contribution in [1.82, 2.24) is 25.9 Å². The molecule has 0 saturated heterocycles. The maximum absolute atomic E-state index is 11.5. The number of aliphatic carboxylic acids is 1. The van der Waals surface area contributed by atoms with Crippen LogP contribution >= 0.6 is 0 Å². The van der Waals surface area contributed by atoms with Crippen LogP contribution < -0.4 is 16.0 Å². The molecule has 1 atom stereocenters. The lowest BCUT2D eigenvalue weighted by Gasteiger charge is -2.14. The molecule has 5 N–H and O–H groups in total. The van der Waals surface area contributed by atoms with Gasteiger partial charge in [0, 0.05) is 38.3 Å². The molecule has 9 heteroatoms. The van der Waals surface area contributed by atoms with E-state index in [4.69, 9.17) is 5.11 Å². The van der Waals surface area contributed by atoms with Gasteiger partial charge < -0.3 is 26.0 Å². The van der Waals surface area contributed by atoms with Crippen LogP contribution in [0.4, 0.5) is 4.79 Å². The molecule has 1 heterocycles. The van der Waals surface area contributed by atoms with Crippen molar-refractivity contribution in [2.45, 2.75) is 19.4 Å². The van der Waals surface area contributed by atoms with Gasteiger partial charge in [0.2, 0.25) is 5.91 Å². The molecule has 0 aromatic carbocycles. The minimum atomic E-state index is -1.14. The number of carbonyl (C=O) groups excluding carboxylic acids is 2. The molecule has 110 valence electrons. The molecule has 0 radical (unpaired) electrons. The van der Waals surface area contributed by atoms with Gasteiger partial charge in [-0.1, -0.05) is 0 Å². The molecule has 1 rings (SSSR count). The van der Waals surface area contributed by atoms with Gasteiger partial charge in [0.05, 0.1) is 6.33 Å². The summed E-state index contributed by atoms with van der Waals surface area (Å²) in [6.07, 6.45) is 3.03. The van der Waals surface area contributed by atoms with E-state index in [0.717, 1.165) is 0 Å². The fourth-order valence-corrected chi connectivity index (χ4v) is 1.44. The normalized spacial score (nSPS) is 11.4. The summed E-state index contributed by atoms with van der Waals surface area (Å²) < 4.78 is 0. The van der Waals surface area contributed by atoms with Crippen LogP contribution in [0.3, 0.4) is 0 Å². The number of aromatic nitrogens is 2. The number of nitrogens with one attached hydrogen (secondary N) is 4. The Balaban J connectivity index is 2.35. The average Bonchev–Trinajstić information content (AvgIpc) is 2.86. The van der Waals surface area contributed by atoms with E-state index in [0.29, 0.717) is 5.69 Å². The summed E-state index contributed by atoms with van der Waals surface area (Å²) in [4.78, 5) is 39.7. The summed E-state index contributed by atoms with van der Waals surface area (Å²) in [7, 11) is 0. The third kappa shape index (κ3) is 5.85. The Kier molecular flexibility index (Phi) is 6.01. The highest BCUT2D eigenvalue weighted by Crippen LogP contribution is 1.98. The number of aromatic amines is 1. The van der Waals surface area contributed by atoms with Gasteiger partial charge in [-0.25, -0.2) is 14.6 Å². The van der Waals surface area contributed by atoms with E-state index >= 15 is 0 Å². The number of rotatable bonds is 7. The minimum absolute atomic E-state index is 0.106. The Morgan fingerprint density at radius 1 is 1.35 bits per heavy atom. The van der Waals surface area contributed by atoms with Crippen molar-refractivity contribution >= 4 is 17.9 Å². The predicted molar refractivity (Wildman–Crippen MR) is 68.9 cm³/mol. The lowest BCUT2D eigenvalue weighted by Crippen LogP contribution is -2.48. The first kappa shape index (κ1) is 15.5. The standard InChI is InChI=1S/C11H17N5O4/c1-7(17)13-2-3-14-11(20)16-9(10(18)19)4-8-5-12-6-15-8/h5-6,9H,2-4H2,1H3,(H,12,15)(H,13,17)(H,18,19)(H2,14,16,20)/t9-/m0/s1. The monoisotopic (exact) mass is 283 g/mol. The smallest absolute Gasteiger partial charge is 0.326 e. The van der Waals surface area contributed by atoms with Crippen molar-refractivity contribution < 1.29 is 19.5 Å². The van der Waals surface area contributed by atoms with Crippen molar-refractivity contribution in [1.29, 1.82) is 0 Å². The van der Waals surface area contributed by atoms with Crippen LogP contribution in [0.15, 0.2) is 12.5 Å². The maximum Gasteiger partial charge on any atom is 0.326 e. The number of imidazole rings is 1. The van der Waals surface area contributed by atoms with Crippen LogP contribution in [-0.2, 0) is 16.0 Å². The van der Waals surface area contributed by atoms with Crippen molar-refractivity contribution in [3.8, 4) is 0 Å². The fourth-order valence-electron chi connectivity index (χ4n) is 1.44. The molecule has 0 aliphatic heterocycles. The average molecular weight is 283 g/mol. The highest BCUT2D eigenvalue weighted by molar-refractivity contribution is 5.82. The largest absolute Gasteiger partial charge is 0.480 e. The van der Waals surface area contributed by atoms with E-state index in [1.54, 1.807) is 0 Å². The second-order valence-electron chi connectivity index (χ2n) is 4.05. The molecule has 0 aliphatic rings. The SMILES string of the molecule is CC(=O)NCCNC(=O)N[C@@H](Cc1cnc[nH]1)C(=O)O. The summed E-state index contributed by atoms with van der Waals surface area (Å²) in [5.74, 6) is -1.34. The van der Waals surface area contributed by atoms with Gasteiger partial charge in [-0.15, -0.1) is 0 Å². The van der Waals surface area contributed by atoms with Crippen molar-refractivity contribution in [3.05, 3.63) is 18.2 Å². The second kappa shape index (κ2) is 7.77. The van der Waals surface area contributed by atoms with E-state index in [9.17, 15) is 14.4 Å². The first-order valence-corrected chi connectivity index (χ1v) is 5.98. The van der Waals surface area contributed by atoms with Gasteiger partial charge in [0.15, 0.2) is 0 Å². The summed E-state index contributed by atoms with van der Waals surface area (Å²) >= 11 is 0. The van der Waals surface area contributed by atoms with Crippen LogP contribution in [0.5, 0.6) is 0 Å². The molecule has 20 heavy (non-hydrogen) atoms. The van der Waals surface area contributed by atoms with Gasteiger partial charge in [0.25, 0.3) is 0 Å². The molecule has 0 bridgehead atoms. The van der Waals surface area contributed by atoms with Crippen LogP contribution in [0.25, 0.3) is 0 Å². The second-order valence-corrected chi connectivity index (χ2v) is 4.05. The molecule has 0 unspecified atom stereocenters. The predicted octanol–water partition coefficient (Wildman–Crippen LogP) is -1.16. The fraction of sp³-hybridized carbons (Fsp3) is 0.455. The summed E-state index contributed by atoms with van der Waals surface area (Å²) in [5, 5.41) is 16.3. The number of hydrogen-bond donors (Lipinski definition) is 5. The topological polar surface area (TPSA) is 136 Å². The van der Waals surface area contributed by atoms with E-state index < -0.39 is 18.0 Å². The van der Waals surface area contributed by atoms with Gasteiger partial charge in [-0.2, -0.15) is 0 Å². The highest BCUT2D eigenvalue weighted by Gasteiger charge is 2.20. The first-order chi connectivity index (χ1) is 9.49. The first-order valence-electron chi connectivity index (χ1n) is 5.98. The van der Waals surface area contributed by atoms with Crippen LogP contribution in [0, 0.1) is 0 Å². The number of carboxylic acid groups (broad SMARTS) is 1. The summed E-state index contributed by atoms with van der Waals surface area (Å²) in [6, 6.07) is -1.67. The molecule has 1 aromatic heterocycles. The van der Waals surface area contributed by atoms with Crippen molar-refractivity contribution in [2.75, 3.05) is 13.1 Å². The summed E-state index contributed by atoms with van der Waals surface area (Å²) in [6.45, 7) is 1.85.